The van der Waals surface area contributed by atoms with E-state index in [2.05, 4.69) is 156 Å². The average molecular weight is 2150 g/mol. The highest BCUT2D eigenvalue weighted by Crippen LogP contribution is 2.53. The van der Waals surface area contributed by atoms with Crippen LogP contribution >= 0.6 is 55.1 Å². The van der Waals surface area contributed by atoms with Crippen molar-refractivity contribution in [2.45, 2.75) is 200 Å². The number of carbonyl (C=O) groups excluding carboxylic acids is 8. The number of pyridine rings is 2. The molecule has 6 aromatic carbocycles. The van der Waals surface area contributed by atoms with Gasteiger partial charge in [-0.3, -0.25) is 68.3 Å². The fourth-order valence-corrected chi connectivity index (χ4v) is 18.8. The van der Waals surface area contributed by atoms with Crippen molar-refractivity contribution in [2.75, 3.05) is 99.8 Å². The number of Topliss-reactive ketones (excluding diaryl/α,β-unsaturated/α-hetero) is 4. The second-order valence-corrected chi connectivity index (χ2v) is 40.6. The molecule has 8 aromatic rings. The first-order valence-electron chi connectivity index (χ1n) is 48.7. The number of nitrogens with zero attached hydrogens (tertiary/aromatic N) is 10. The minimum atomic E-state index is -0.561. The van der Waals surface area contributed by atoms with E-state index >= 15 is 0 Å². The van der Waals surface area contributed by atoms with Crippen molar-refractivity contribution >= 4 is 148 Å². The maximum Gasteiger partial charge on any atom is 0.253 e. The number of nitriles is 4. The molecule has 0 bridgehead atoms. The predicted molar refractivity (Wildman–Crippen MR) is 562 cm³/mol. The van der Waals surface area contributed by atoms with Crippen LogP contribution in [0.5, 0.6) is 11.5 Å². The number of aromatic hydroxyl groups is 2. The largest absolute Gasteiger partial charge is 0.508 e. The second kappa shape index (κ2) is 50.3. The number of ketones is 4. The van der Waals surface area contributed by atoms with Gasteiger partial charge in [0.1, 0.15) is 11.5 Å². The standard InChI is InChI=1S/C27H30BrN5O4.C27H30ClN5O4.C26H29BrN6O3.C26H29ClN6O3/c2*1-2-16(17-5-19(10-20(28)6-17)27(15-29)3-4-27)8-23(35)12-30-25(37)18-7-21(11-22(34)9-18)33-26-31-13-24(36)14-32-26;2*1-2-16(17-5-19(9-20(27)6-17)26(15-28)3-4-26)8-22(34)12-30-24(36)18-7-21(11-29-10-18)33-25-31-13-23(35)14-32-25/h2*5-7,9-11,16,24,34,36H,2-4,8,12-14H2,1H3,(H,30,37)(H2,31,32,33);2*5-7,9-11,16,23,35H,2-4,8,12-14H2,1H3,(H,30,36)(H2,31,32,33)/t4*16-/m1111/s1. The third kappa shape index (κ3) is 30.7. The van der Waals surface area contributed by atoms with E-state index < -0.39 is 69.7 Å². The smallest absolute Gasteiger partial charge is 0.253 e. The van der Waals surface area contributed by atoms with Gasteiger partial charge < -0.3 is 94.4 Å². The normalized spacial score (nSPS) is 18.6. The molecule has 146 heavy (non-hydrogen) atoms. The van der Waals surface area contributed by atoms with Gasteiger partial charge in [-0.1, -0.05) is 107 Å². The molecule has 0 radical (unpaired) electrons. The molecule has 0 spiro atoms. The van der Waals surface area contributed by atoms with Gasteiger partial charge in [-0.25, -0.2) is 0 Å². The summed E-state index contributed by atoms with van der Waals surface area (Å²) in [5.41, 5.74) is 8.98. The number of aliphatic hydroxyl groups excluding tert-OH is 4. The lowest BCUT2D eigenvalue weighted by Crippen LogP contribution is -2.42. The third-order valence-corrected chi connectivity index (χ3v) is 27.9. The topological polar surface area (TPSA) is 573 Å². The molecular weight excluding hydrogens is 2040 g/mol. The van der Waals surface area contributed by atoms with Crippen molar-refractivity contribution in [3.05, 3.63) is 232 Å². The van der Waals surface area contributed by atoms with E-state index in [9.17, 15) is 90.0 Å². The number of anilines is 4. The number of guanidine groups is 4. The Morgan fingerprint density at radius 2 is 0.610 bits per heavy atom. The zero-order valence-corrected chi connectivity index (χ0v) is 85.9. The summed E-state index contributed by atoms with van der Waals surface area (Å²) in [5, 5.41) is 132. The zero-order chi connectivity index (χ0) is 105. The summed E-state index contributed by atoms with van der Waals surface area (Å²) in [6, 6.07) is 44.9. The molecule has 6 heterocycles. The van der Waals surface area contributed by atoms with Crippen LogP contribution in [0.3, 0.4) is 0 Å². The Kier molecular flexibility index (Phi) is 37.7. The number of benzene rings is 6. The number of aromatic nitrogens is 2. The molecule has 8 atom stereocenters. The van der Waals surface area contributed by atoms with E-state index in [1.165, 1.54) is 36.7 Å². The van der Waals surface area contributed by atoms with Crippen LogP contribution in [0, 0.1) is 45.3 Å². The quantitative estimate of drug-likeness (QED) is 0.0173. The molecule has 18 N–H and O–H groups in total. The van der Waals surface area contributed by atoms with Gasteiger partial charge in [0, 0.05) is 118 Å². The van der Waals surface area contributed by atoms with Gasteiger partial charge in [-0.15, -0.1) is 0 Å². The number of nitrogens with one attached hydrogen (secondary N) is 12. The Morgan fingerprint density at radius 3 is 0.863 bits per heavy atom. The maximum atomic E-state index is 12.8. The van der Waals surface area contributed by atoms with Crippen molar-refractivity contribution in [3.8, 4) is 35.8 Å². The van der Waals surface area contributed by atoms with Gasteiger partial charge in [0.2, 0.25) is 0 Å². The molecule has 4 fully saturated rings. The number of carbonyl (C=O) groups is 8. The average Bonchev–Trinajstić information content (AvgIpc) is 1.63. The highest BCUT2D eigenvalue weighted by atomic mass is 79.9. The fourth-order valence-electron chi connectivity index (χ4n) is 17.3. The summed E-state index contributed by atoms with van der Waals surface area (Å²) in [7, 11) is 0. The molecule has 4 aliphatic heterocycles. The second-order valence-electron chi connectivity index (χ2n) is 37.8. The number of rotatable bonds is 36. The Balaban J connectivity index is 0.000000163. The van der Waals surface area contributed by atoms with E-state index in [4.69, 9.17) is 23.2 Å². The number of amides is 4. The van der Waals surface area contributed by atoms with Gasteiger partial charge in [0.05, 0.1) is 158 Å². The van der Waals surface area contributed by atoms with Gasteiger partial charge >= 0.3 is 0 Å². The Bertz CT molecular complexity index is 6130. The number of phenols is 2. The molecule has 4 saturated carbocycles. The van der Waals surface area contributed by atoms with E-state index in [1.807, 2.05) is 94.4 Å². The van der Waals surface area contributed by atoms with Crippen LogP contribution in [0.1, 0.15) is 240 Å². The lowest BCUT2D eigenvalue weighted by molar-refractivity contribution is -0.119. The molecule has 4 amide bonds. The highest BCUT2D eigenvalue weighted by molar-refractivity contribution is 9.10. The molecule has 0 saturated heterocycles. The van der Waals surface area contributed by atoms with Crippen LogP contribution < -0.4 is 63.8 Å². The first-order valence-corrected chi connectivity index (χ1v) is 51.0. The van der Waals surface area contributed by atoms with Crippen LogP contribution in [-0.4, -0.2) is 214 Å². The van der Waals surface area contributed by atoms with Crippen LogP contribution in [0.25, 0.3) is 0 Å². The van der Waals surface area contributed by atoms with Crippen molar-refractivity contribution in [1.29, 1.82) is 21.0 Å². The number of β-amino-alcohol motifs (C(OH)–C–C–N with tert-alkyl or cyclic N) is 4. The Labute approximate surface area is 872 Å². The summed E-state index contributed by atoms with van der Waals surface area (Å²) in [5.74, 6) is -0.756. The molecular formula is C106H118Br2Cl2N22O14. The molecule has 36 nitrogen and oxygen atoms in total. The first-order chi connectivity index (χ1) is 70.0. The van der Waals surface area contributed by atoms with Crippen LogP contribution in [0.4, 0.5) is 22.7 Å². The van der Waals surface area contributed by atoms with E-state index in [1.54, 1.807) is 36.7 Å². The first kappa shape index (κ1) is 109. The summed E-state index contributed by atoms with van der Waals surface area (Å²) in [4.78, 5) is 127. The zero-order valence-electron chi connectivity index (χ0n) is 81.2. The molecule has 40 heteroatoms. The number of aliphatic hydroxyl groups is 4. The van der Waals surface area contributed by atoms with Crippen LogP contribution in [0.2, 0.25) is 10.0 Å². The summed E-state index contributed by atoms with van der Waals surface area (Å²) in [6.45, 7) is 10.1. The highest BCUT2D eigenvalue weighted by Gasteiger charge is 2.48. The van der Waals surface area contributed by atoms with E-state index in [0.717, 1.165) is 124 Å². The number of hydrogen-bond donors (Lipinski definition) is 18. The van der Waals surface area contributed by atoms with E-state index in [0.29, 0.717) is 120 Å². The lowest BCUT2D eigenvalue weighted by Gasteiger charge is -2.20. The van der Waals surface area contributed by atoms with Crippen molar-refractivity contribution in [1.82, 2.24) is 52.5 Å². The van der Waals surface area contributed by atoms with Crippen molar-refractivity contribution < 1.29 is 69.0 Å². The third-order valence-electron chi connectivity index (χ3n) is 26.6. The summed E-state index contributed by atoms with van der Waals surface area (Å²) in [6.07, 6.45) is 14.5. The lowest BCUT2D eigenvalue weighted by atomic mass is 9.87. The Hall–Kier alpha value is -13.8. The van der Waals surface area contributed by atoms with Crippen LogP contribution in [-0.2, 0) is 40.8 Å². The summed E-state index contributed by atoms with van der Waals surface area (Å²) < 4.78 is 1.79. The maximum absolute atomic E-state index is 12.8. The fraction of sp³-hybridized carbons (Fsp3) is 0.415. The minimum Gasteiger partial charge on any atom is -0.508 e. The monoisotopic (exact) mass is 2150 g/mol. The number of phenolic OH excluding ortho intramolecular Hbond substituents is 2. The molecule has 8 aliphatic rings. The number of aliphatic imine (C=N–C) groups is 4. The molecule has 16 rings (SSSR count). The molecule has 764 valence electrons. The van der Waals surface area contributed by atoms with Crippen molar-refractivity contribution in [2.24, 2.45) is 20.0 Å². The minimum absolute atomic E-state index is 0.00312. The van der Waals surface area contributed by atoms with E-state index in [-0.39, 0.29) is 128 Å². The predicted octanol–water partition coefficient (Wildman–Crippen LogP) is 12.5. The molecule has 2 aromatic heterocycles. The number of hydrogen-bond acceptors (Lipinski definition) is 32. The SMILES string of the molecule is CC[C@H](CC(=O)CNC(=O)c1cc(O)cc(NC2=NCC(O)CN2)c1)c1cc(Br)cc(C2(C#N)CC2)c1.CC[C@H](CC(=O)CNC(=O)c1cc(O)cc(NC2=NCC(O)CN2)c1)c1cc(Cl)cc(C2(C#N)CC2)c1.CC[C@H](CC(=O)CNC(=O)c1cncc(NC2=NCC(O)CN2)c1)c1cc(Br)cc(C2(C#N)CC2)c1.CC[C@H](CC(=O)CNC(=O)c1cncc(NC2=NCC(O)CN2)c1)c1cc(Cl)cc(C2(C#N)CC2)c1. The van der Waals surface area contributed by atoms with Gasteiger partial charge in [0.25, 0.3) is 23.6 Å². The van der Waals surface area contributed by atoms with Gasteiger partial charge in [0.15, 0.2) is 47.0 Å². The Morgan fingerprint density at radius 1 is 0.356 bits per heavy atom. The van der Waals surface area contributed by atoms with Gasteiger partial charge in [-0.2, -0.15) is 21.0 Å². The molecule has 4 aliphatic carbocycles. The van der Waals surface area contributed by atoms with Gasteiger partial charge in [-0.05, 0) is 230 Å². The van der Waals surface area contributed by atoms with Crippen molar-refractivity contribution in [3.63, 3.8) is 0 Å². The molecule has 4 unspecified atom stereocenters. The number of halogens is 4. The van der Waals surface area contributed by atoms with Crippen LogP contribution in [0.15, 0.2) is 175 Å². The summed E-state index contributed by atoms with van der Waals surface area (Å²) >= 11 is 19.8.